The Balaban J connectivity index is 2.08. The average Bonchev–Trinajstić information content (AvgIpc) is 2.97. The third kappa shape index (κ3) is 3.47. The molecule has 2 aliphatic rings. The van der Waals surface area contributed by atoms with Crippen LogP contribution in [0.5, 0.6) is 0 Å². The molecule has 1 atom stereocenters. The normalized spacial score (nSPS) is 23.0. The Kier molecular flexibility index (Phi) is 4.32. The maximum absolute atomic E-state index is 12.0. The number of benzene rings is 1. The summed E-state index contributed by atoms with van der Waals surface area (Å²) in [5.41, 5.74) is 5.34. The second kappa shape index (κ2) is 5.87. The fourth-order valence-electron chi connectivity index (χ4n) is 3.65. The van der Waals surface area contributed by atoms with Gasteiger partial charge < -0.3 is 5.32 Å². The minimum absolute atomic E-state index is 0.107. The summed E-state index contributed by atoms with van der Waals surface area (Å²) in [6.45, 7) is 8.89. The van der Waals surface area contributed by atoms with Crippen molar-refractivity contribution in [2.45, 2.75) is 58.0 Å². The summed E-state index contributed by atoms with van der Waals surface area (Å²) in [6.07, 6.45) is 4.45. The largest absolute Gasteiger partial charge is 0.310 e. The highest BCUT2D eigenvalue weighted by molar-refractivity contribution is 7.88. The lowest BCUT2D eigenvalue weighted by Crippen LogP contribution is -2.36. The summed E-state index contributed by atoms with van der Waals surface area (Å²) >= 11 is 0. The van der Waals surface area contributed by atoms with Crippen molar-refractivity contribution in [2.75, 3.05) is 19.3 Å². The first-order valence-electron chi connectivity index (χ1n) is 8.51. The van der Waals surface area contributed by atoms with Gasteiger partial charge in [-0.15, -0.1) is 0 Å². The van der Waals surface area contributed by atoms with E-state index >= 15 is 0 Å². The smallest absolute Gasteiger partial charge is 0.211 e. The van der Waals surface area contributed by atoms with Crippen molar-refractivity contribution in [3.63, 3.8) is 0 Å². The number of nitrogens with zero attached hydrogens (tertiary/aromatic N) is 1. The van der Waals surface area contributed by atoms with Crippen molar-refractivity contribution in [3.05, 3.63) is 34.4 Å². The van der Waals surface area contributed by atoms with Gasteiger partial charge in [0.15, 0.2) is 0 Å². The molecule has 3 rings (SSSR count). The molecule has 128 valence electrons. The Morgan fingerprint density at radius 3 is 2.57 bits per heavy atom. The molecule has 0 unspecified atom stereocenters. The van der Waals surface area contributed by atoms with Crippen LogP contribution in [0.25, 0.3) is 0 Å². The molecule has 2 heterocycles. The van der Waals surface area contributed by atoms with E-state index in [-0.39, 0.29) is 5.41 Å². The van der Waals surface area contributed by atoms with Crippen molar-refractivity contribution >= 4 is 10.0 Å². The summed E-state index contributed by atoms with van der Waals surface area (Å²) in [5.74, 6) is 0. The Morgan fingerprint density at radius 1 is 1.26 bits per heavy atom. The van der Waals surface area contributed by atoms with E-state index in [1.807, 2.05) is 0 Å². The molecule has 2 aliphatic heterocycles. The van der Waals surface area contributed by atoms with E-state index in [1.165, 1.54) is 34.9 Å². The molecule has 0 saturated carbocycles. The molecule has 1 N–H and O–H groups in total. The predicted molar refractivity (Wildman–Crippen MR) is 94.1 cm³/mol. The fraction of sp³-hybridized carbons (Fsp3) is 0.667. The second-order valence-corrected chi connectivity index (χ2v) is 9.93. The molecular weight excluding hydrogens is 308 g/mol. The molecule has 0 aliphatic carbocycles. The summed E-state index contributed by atoms with van der Waals surface area (Å²) in [6, 6.07) is 4.98. The molecule has 0 bridgehead atoms. The first-order valence-corrected chi connectivity index (χ1v) is 10.4. The minimum Gasteiger partial charge on any atom is -0.310 e. The van der Waals surface area contributed by atoms with Crippen LogP contribution < -0.4 is 5.32 Å². The molecule has 0 spiro atoms. The van der Waals surface area contributed by atoms with Gasteiger partial charge in [0.25, 0.3) is 0 Å². The van der Waals surface area contributed by atoms with E-state index in [0.717, 1.165) is 19.4 Å². The van der Waals surface area contributed by atoms with Crippen LogP contribution in [0.15, 0.2) is 12.1 Å². The summed E-state index contributed by atoms with van der Waals surface area (Å²) in [7, 11) is -3.13. The van der Waals surface area contributed by atoms with E-state index in [4.69, 9.17) is 0 Å². The van der Waals surface area contributed by atoms with Gasteiger partial charge >= 0.3 is 0 Å². The van der Waals surface area contributed by atoms with Crippen LogP contribution in [0.3, 0.4) is 0 Å². The Bertz CT molecular complexity index is 698. The topological polar surface area (TPSA) is 49.4 Å². The van der Waals surface area contributed by atoms with Crippen molar-refractivity contribution in [1.82, 2.24) is 9.62 Å². The van der Waals surface area contributed by atoms with Gasteiger partial charge in [-0.1, -0.05) is 32.9 Å². The van der Waals surface area contributed by atoms with Gasteiger partial charge in [0.2, 0.25) is 10.0 Å². The standard InChI is InChI=1S/C18H28N2O2S/c1-18(2,3)14-10-13-7-9-20(23(4,21)22)12-16(13)15(11-14)17-6-5-8-19-17/h10-11,17,19H,5-9,12H2,1-4H3/t17-/m0/s1. The van der Waals surface area contributed by atoms with E-state index in [9.17, 15) is 8.42 Å². The number of nitrogens with one attached hydrogen (secondary N) is 1. The first kappa shape index (κ1) is 16.9. The Hall–Kier alpha value is -0.910. The lowest BCUT2D eigenvalue weighted by molar-refractivity contribution is 0.390. The van der Waals surface area contributed by atoms with Gasteiger partial charge in [-0.3, -0.25) is 0 Å². The SMILES string of the molecule is CC(C)(C)c1cc2c(c([C@@H]3CCCN3)c1)CN(S(C)(=O)=O)CC2. The lowest BCUT2D eigenvalue weighted by atomic mass is 9.80. The third-order valence-electron chi connectivity index (χ3n) is 5.11. The molecule has 1 aromatic carbocycles. The van der Waals surface area contributed by atoms with Crippen LogP contribution in [-0.4, -0.2) is 32.1 Å². The van der Waals surface area contributed by atoms with Crippen molar-refractivity contribution in [3.8, 4) is 0 Å². The minimum atomic E-state index is -3.13. The van der Waals surface area contributed by atoms with Gasteiger partial charge in [-0.05, 0) is 53.5 Å². The zero-order valence-electron chi connectivity index (χ0n) is 14.6. The molecule has 1 aromatic rings. The fourth-order valence-corrected chi connectivity index (χ4v) is 4.44. The highest BCUT2D eigenvalue weighted by Crippen LogP contribution is 2.36. The van der Waals surface area contributed by atoms with Crippen LogP contribution >= 0.6 is 0 Å². The highest BCUT2D eigenvalue weighted by atomic mass is 32.2. The molecule has 5 heteroatoms. The third-order valence-corrected chi connectivity index (χ3v) is 6.36. The van der Waals surface area contributed by atoms with E-state index in [0.29, 0.717) is 19.1 Å². The monoisotopic (exact) mass is 336 g/mol. The van der Waals surface area contributed by atoms with E-state index in [2.05, 4.69) is 38.2 Å². The van der Waals surface area contributed by atoms with Crippen LogP contribution in [0, 0.1) is 0 Å². The van der Waals surface area contributed by atoms with Crippen molar-refractivity contribution in [1.29, 1.82) is 0 Å². The zero-order valence-corrected chi connectivity index (χ0v) is 15.5. The van der Waals surface area contributed by atoms with Crippen LogP contribution in [-0.2, 0) is 28.4 Å². The number of rotatable bonds is 2. The summed E-state index contributed by atoms with van der Waals surface area (Å²) in [5, 5.41) is 3.59. The quantitative estimate of drug-likeness (QED) is 0.903. The molecular formula is C18H28N2O2S. The van der Waals surface area contributed by atoms with Crippen LogP contribution in [0.2, 0.25) is 0 Å². The Labute approximate surface area is 140 Å². The average molecular weight is 337 g/mol. The molecule has 4 nitrogen and oxygen atoms in total. The maximum Gasteiger partial charge on any atom is 0.211 e. The van der Waals surface area contributed by atoms with Gasteiger partial charge in [0, 0.05) is 19.1 Å². The van der Waals surface area contributed by atoms with Gasteiger partial charge in [-0.25, -0.2) is 8.42 Å². The van der Waals surface area contributed by atoms with Gasteiger partial charge in [-0.2, -0.15) is 4.31 Å². The summed E-state index contributed by atoms with van der Waals surface area (Å²) < 4.78 is 25.5. The molecule has 0 amide bonds. The van der Waals surface area contributed by atoms with Gasteiger partial charge in [0.05, 0.1) is 6.26 Å². The zero-order chi connectivity index (χ0) is 16.8. The number of hydrogen-bond acceptors (Lipinski definition) is 3. The molecule has 0 aromatic heterocycles. The molecule has 0 radical (unpaired) electrons. The Morgan fingerprint density at radius 2 is 2.00 bits per heavy atom. The number of fused-ring (bicyclic) bond motifs is 1. The van der Waals surface area contributed by atoms with Crippen LogP contribution in [0.4, 0.5) is 0 Å². The van der Waals surface area contributed by atoms with Crippen molar-refractivity contribution in [2.24, 2.45) is 0 Å². The van der Waals surface area contributed by atoms with E-state index < -0.39 is 10.0 Å². The number of hydrogen-bond donors (Lipinski definition) is 1. The van der Waals surface area contributed by atoms with Crippen LogP contribution in [0.1, 0.15) is 61.9 Å². The lowest BCUT2D eigenvalue weighted by Gasteiger charge is -2.32. The van der Waals surface area contributed by atoms with Gasteiger partial charge in [0.1, 0.15) is 0 Å². The second-order valence-electron chi connectivity index (χ2n) is 7.95. The molecule has 23 heavy (non-hydrogen) atoms. The van der Waals surface area contributed by atoms with Crippen molar-refractivity contribution < 1.29 is 8.42 Å². The molecule has 1 fully saturated rings. The highest BCUT2D eigenvalue weighted by Gasteiger charge is 2.30. The number of sulfonamides is 1. The maximum atomic E-state index is 12.0. The predicted octanol–water partition coefficient (Wildman–Crippen LogP) is 2.73. The summed E-state index contributed by atoms with van der Waals surface area (Å²) in [4.78, 5) is 0. The molecule has 1 saturated heterocycles. The first-order chi connectivity index (χ1) is 10.7. The van der Waals surface area contributed by atoms with E-state index in [1.54, 1.807) is 4.31 Å².